The summed E-state index contributed by atoms with van der Waals surface area (Å²) >= 11 is 5.46. The Morgan fingerprint density at radius 3 is 2.64 bits per heavy atom. The van der Waals surface area contributed by atoms with Crippen molar-refractivity contribution >= 4 is 33.0 Å². The first-order valence-corrected chi connectivity index (χ1v) is 11.6. The van der Waals surface area contributed by atoms with Crippen LogP contribution < -0.4 is 15.4 Å². The van der Waals surface area contributed by atoms with Crippen molar-refractivity contribution in [1.29, 1.82) is 0 Å². The molecule has 0 spiro atoms. The summed E-state index contributed by atoms with van der Waals surface area (Å²) in [7, 11) is -2.20. The van der Waals surface area contributed by atoms with Gasteiger partial charge in [-0.05, 0) is 49.2 Å². The Labute approximate surface area is 172 Å². The van der Waals surface area contributed by atoms with E-state index < -0.39 is 10.0 Å². The maximum Gasteiger partial charge on any atom is 0.246 e. The van der Waals surface area contributed by atoms with Crippen molar-refractivity contribution in [2.75, 3.05) is 38.7 Å². The van der Waals surface area contributed by atoms with Crippen molar-refractivity contribution in [2.24, 2.45) is 5.92 Å². The molecule has 0 aromatic heterocycles. The van der Waals surface area contributed by atoms with E-state index in [1.807, 2.05) is 0 Å². The molecule has 1 aromatic rings. The molecule has 1 heterocycles. The largest absolute Gasteiger partial charge is 0.495 e. The predicted octanol–water partition coefficient (Wildman–Crippen LogP) is 2.58. The summed E-state index contributed by atoms with van der Waals surface area (Å²) in [5, 5.41) is 7.03. The van der Waals surface area contributed by atoms with Crippen molar-refractivity contribution in [3.05, 3.63) is 18.2 Å². The third-order valence-corrected chi connectivity index (χ3v) is 7.58. The van der Waals surface area contributed by atoms with Crippen LogP contribution in [0.5, 0.6) is 5.75 Å². The average Bonchev–Trinajstić information content (AvgIpc) is 2.70. The standard InChI is InChI=1S/C19H29N3O4S2/c1-14-5-3-4-6-16(14)21-19(27)20-15-7-8-17(25-2)18(13-15)28(23,24)22-9-11-26-12-10-22/h7-8,13-14,16H,3-6,9-12H2,1-2H3,(H2,20,21,27)/t14-,16+/m0/s1. The fourth-order valence-electron chi connectivity index (χ4n) is 3.75. The number of sulfonamides is 1. The fraction of sp³-hybridized carbons (Fsp3) is 0.632. The quantitative estimate of drug-likeness (QED) is 0.699. The Balaban J connectivity index is 1.75. The highest BCUT2D eigenvalue weighted by molar-refractivity contribution is 7.89. The van der Waals surface area contributed by atoms with Crippen molar-refractivity contribution in [2.45, 2.75) is 43.5 Å². The molecule has 1 aliphatic heterocycles. The Bertz CT molecular complexity index is 794. The minimum absolute atomic E-state index is 0.135. The van der Waals surface area contributed by atoms with E-state index in [2.05, 4.69) is 17.6 Å². The van der Waals surface area contributed by atoms with E-state index in [-0.39, 0.29) is 4.90 Å². The van der Waals surface area contributed by atoms with E-state index in [0.29, 0.717) is 54.8 Å². The van der Waals surface area contributed by atoms with Crippen molar-refractivity contribution in [3.63, 3.8) is 0 Å². The molecule has 2 atom stereocenters. The van der Waals surface area contributed by atoms with Crippen LogP contribution in [0, 0.1) is 5.92 Å². The van der Waals surface area contributed by atoms with Crippen LogP contribution in [-0.4, -0.2) is 57.3 Å². The van der Waals surface area contributed by atoms with Gasteiger partial charge in [0.25, 0.3) is 0 Å². The van der Waals surface area contributed by atoms with Gasteiger partial charge in [-0.1, -0.05) is 19.8 Å². The second-order valence-electron chi connectivity index (χ2n) is 7.35. The zero-order valence-corrected chi connectivity index (χ0v) is 18.1. The molecule has 1 saturated carbocycles. The molecule has 28 heavy (non-hydrogen) atoms. The van der Waals surface area contributed by atoms with E-state index in [1.165, 1.54) is 30.7 Å². The van der Waals surface area contributed by atoms with E-state index in [1.54, 1.807) is 18.2 Å². The van der Waals surface area contributed by atoms with Gasteiger partial charge in [-0.15, -0.1) is 0 Å². The number of thiocarbonyl (C=S) groups is 1. The summed E-state index contributed by atoms with van der Waals surface area (Å²) in [5.74, 6) is 0.887. The van der Waals surface area contributed by atoms with Crippen molar-refractivity contribution in [1.82, 2.24) is 9.62 Å². The first kappa shape index (κ1) is 21.3. The Morgan fingerprint density at radius 1 is 1.25 bits per heavy atom. The average molecular weight is 428 g/mol. The second kappa shape index (κ2) is 9.39. The molecule has 0 unspecified atom stereocenters. The number of hydrogen-bond donors (Lipinski definition) is 2. The van der Waals surface area contributed by atoms with Gasteiger partial charge < -0.3 is 20.1 Å². The fourth-order valence-corrected chi connectivity index (χ4v) is 5.61. The van der Waals surface area contributed by atoms with Crippen LogP contribution in [0.15, 0.2) is 23.1 Å². The molecule has 9 heteroatoms. The number of morpholine rings is 1. The molecule has 3 rings (SSSR count). The highest BCUT2D eigenvalue weighted by atomic mass is 32.2. The molecule has 156 valence electrons. The molecule has 1 saturated heterocycles. The van der Waals surface area contributed by atoms with Gasteiger partial charge in [0.05, 0.1) is 20.3 Å². The van der Waals surface area contributed by atoms with E-state index >= 15 is 0 Å². The molecular formula is C19H29N3O4S2. The molecule has 7 nitrogen and oxygen atoms in total. The van der Waals surface area contributed by atoms with Crippen LogP contribution in [0.4, 0.5) is 5.69 Å². The maximum absolute atomic E-state index is 13.1. The number of hydrogen-bond acceptors (Lipinski definition) is 5. The van der Waals surface area contributed by atoms with Crippen molar-refractivity contribution in [3.8, 4) is 5.75 Å². The highest BCUT2D eigenvalue weighted by Gasteiger charge is 2.29. The first-order valence-electron chi connectivity index (χ1n) is 9.75. The van der Waals surface area contributed by atoms with Gasteiger partial charge in [-0.3, -0.25) is 0 Å². The van der Waals surface area contributed by atoms with E-state index in [9.17, 15) is 8.42 Å². The molecule has 1 aliphatic carbocycles. The number of benzene rings is 1. The van der Waals surface area contributed by atoms with Crippen LogP contribution >= 0.6 is 12.2 Å². The normalized spacial score (nSPS) is 23.8. The van der Waals surface area contributed by atoms with E-state index in [4.69, 9.17) is 21.7 Å². The smallest absolute Gasteiger partial charge is 0.246 e. The van der Waals surface area contributed by atoms with Gasteiger partial charge in [0, 0.05) is 24.8 Å². The lowest BCUT2D eigenvalue weighted by Crippen LogP contribution is -2.43. The summed E-state index contributed by atoms with van der Waals surface area (Å²) in [6.07, 6.45) is 4.77. The summed E-state index contributed by atoms with van der Waals surface area (Å²) in [5.41, 5.74) is 0.619. The monoisotopic (exact) mass is 427 g/mol. The Kier molecular flexibility index (Phi) is 7.14. The topological polar surface area (TPSA) is 79.9 Å². The predicted molar refractivity (Wildman–Crippen MR) is 113 cm³/mol. The number of ether oxygens (including phenoxy) is 2. The minimum atomic E-state index is -3.67. The molecule has 0 amide bonds. The van der Waals surface area contributed by atoms with Gasteiger partial charge >= 0.3 is 0 Å². The summed E-state index contributed by atoms with van der Waals surface area (Å²) in [6, 6.07) is 5.36. The molecular weight excluding hydrogens is 398 g/mol. The molecule has 2 aliphatic rings. The van der Waals surface area contributed by atoms with Gasteiger partial charge in [-0.25, -0.2) is 8.42 Å². The zero-order valence-electron chi connectivity index (χ0n) is 16.4. The summed E-state index contributed by atoms with van der Waals surface area (Å²) < 4.78 is 38.2. The van der Waals surface area contributed by atoms with E-state index in [0.717, 1.165) is 6.42 Å². The van der Waals surface area contributed by atoms with Crippen LogP contribution in [0.25, 0.3) is 0 Å². The SMILES string of the molecule is COc1ccc(NC(=S)N[C@@H]2CCCC[C@@H]2C)cc1S(=O)(=O)N1CCOCC1. The van der Waals surface area contributed by atoms with Gasteiger partial charge in [-0.2, -0.15) is 4.31 Å². The highest BCUT2D eigenvalue weighted by Crippen LogP contribution is 2.30. The Morgan fingerprint density at radius 2 is 1.96 bits per heavy atom. The molecule has 0 bridgehead atoms. The second-order valence-corrected chi connectivity index (χ2v) is 9.66. The number of nitrogens with one attached hydrogen (secondary N) is 2. The van der Waals surface area contributed by atoms with Gasteiger partial charge in [0.1, 0.15) is 10.6 Å². The van der Waals surface area contributed by atoms with Crippen LogP contribution in [-0.2, 0) is 14.8 Å². The summed E-state index contributed by atoms with van der Waals surface area (Å²) in [6.45, 7) is 3.70. The number of rotatable bonds is 5. The van der Waals surface area contributed by atoms with Crippen LogP contribution in [0.1, 0.15) is 32.6 Å². The Hall–Kier alpha value is -1.42. The maximum atomic E-state index is 13.1. The molecule has 0 radical (unpaired) electrons. The lowest BCUT2D eigenvalue weighted by molar-refractivity contribution is 0.0729. The van der Waals surface area contributed by atoms with Crippen LogP contribution in [0.3, 0.4) is 0 Å². The summed E-state index contributed by atoms with van der Waals surface area (Å²) in [4.78, 5) is 0.135. The molecule has 2 fully saturated rings. The third-order valence-electron chi connectivity index (χ3n) is 5.44. The molecule has 1 aromatic carbocycles. The number of anilines is 1. The van der Waals surface area contributed by atoms with Gasteiger partial charge in [0.2, 0.25) is 10.0 Å². The van der Waals surface area contributed by atoms with Gasteiger partial charge in [0.15, 0.2) is 5.11 Å². The molecule has 2 N–H and O–H groups in total. The lowest BCUT2D eigenvalue weighted by atomic mass is 9.86. The zero-order chi connectivity index (χ0) is 20.1. The third kappa shape index (κ3) is 4.94. The van der Waals surface area contributed by atoms with Crippen molar-refractivity contribution < 1.29 is 17.9 Å². The number of nitrogens with zero attached hydrogens (tertiary/aromatic N) is 1. The minimum Gasteiger partial charge on any atom is -0.495 e. The lowest BCUT2D eigenvalue weighted by Gasteiger charge is -2.30. The first-order chi connectivity index (χ1) is 13.4. The number of methoxy groups -OCH3 is 1. The van der Waals surface area contributed by atoms with Crippen LogP contribution in [0.2, 0.25) is 0 Å².